The average molecular weight is 451 g/mol. The number of carbonyl (C=O) groups excluding carboxylic acids is 2. The Morgan fingerprint density at radius 3 is 2.70 bits per heavy atom. The molecule has 30 heavy (non-hydrogen) atoms. The average Bonchev–Trinajstić information content (AvgIpc) is 3.10. The predicted octanol–water partition coefficient (Wildman–Crippen LogP) is 3.23. The molecule has 1 aromatic heterocycles. The van der Waals surface area contributed by atoms with Crippen LogP contribution < -0.4 is 5.32 Å². The highest BCUT2D eigenvalue weighted by Gasteiger charge is 2.22. The molecule has 1 aromatic carbocycles. The van der Waals surface area contributed by atoms with Gasteiger partial charge in [0.1, 0.15) is 4.88 Å². The summed E-state index contributed by atoms with van der Waals surface area (Å²) in [6.45, 7) is 3.51. The van der Waals surface area contributed by atoms with Crippen molar-refractivity contribution in [3.8, 4) is 0 Å². The number of nitrogens with zero attached hydrogens (tertiary/aromatic N) is 1. The fraction of sp³-hybridized carbons (Fsp3) is 0.429. The van der Waals surface area contributed by atoms with E-state index in [4.69, 9.17) is 4.74 Å². The van der Waals surface area contributed by atoms with E-state index in [1.807, 2.05) is 6.07 Å². The van der Waals surface area contributed by atoms with Crippen molar-refractivity contribution < 1.29 is 22.7 Å². The molecule has 1 amide bonds. The number of thiophene rings is 1. The van der Waals surface area contributed by atoms with Crippen molar-refractivity contribution in [2.24, 2.45) is 5.92 Å². The number of esters is 1. The van der Waals surface area contributed by atoms with Crippen molar-refractivity contribution in [1.29, 1.82) is 0 Å². The number of sulfonamides is 1. The topological polar surface area (TPSA) is 92.8 Å². The first-order chi connectivity index (χ1) is 14.1. The molecule has 1 unspecified atom stereocenters. The largest absolute Gasteiger partial charge is 0.451 e. The van der Waals surface area contributed by atoms with E-state index in [1.165, 1.54) is 48.0 Å². The quantitative estimate of drug-likeness (QED) is 0.682. The van der Waals surface area contributed by atoms with Crippen LogP contribution in [0.4, 0.5) is 5.69 Å². The number of hydrogen-bond acceptors (Lipinski definition) is 6. The molecule has 1 aliphatic rings. The third-order valence-electron chi connectivity index (χ3n) is 5.13. The molecule has 3 rings (SSSR count). The lowest BCUT2D eigenvalue weighted by molar-refractivity contribution is -0.119. The lowest BCUT2D eigenvalue weighted by Crippen LogP contribution is -2.23. The molecular formula is C21H26N2O5S2. The minimum absolute atomic E-state index is 0.0730. The minimum atomic E-state index is -3.62. The lowest BCUT2D eigenvalue weighted by Gasteiger charge is -2.16. The maximum atomic E-state index is 12.4. The molecular weight excluding hydrogens is 424 g/mol. The van der Waals surface area contributed by atoms with Crippen LogP contribution in [0.1, 0.15) is 39.0 Å². The highest BCUT2D eigenvalue weighted by atomic mass is 32.2. The van der Waals surface area contributed by atoms with Crippen LogP contribution in [0, 0.1) is 12.8 Å². The van der Waals surface area contributed by atoms with Crippen LogP contribution in [0.3, 0.4) is 0 Å². The van der Waals surface area contributed by atoms with Gasteiger partial charge in [0, 0.05) is 24.7 Å². The third-order valence-corrected chi connectivity index (χ3v) is 8.15. The Hall–Kier alpha value is -2.23. The van der Waals surface area contributed by atoms with Gasteiger partial charge in [0.15, 0.2) is 6.61 Å². The van der Waals surface area contributed by atoms with Crippen LogP contribution in [0.25, 0.3) is 0 Å². The fourth-order valence-corrected chi connectivity index (χ4v) is 5.33. The van der Waals surface area contributed by atoms with Gasteiger partial charge < -0.3 is 10.1 Å². The van der Waals surface area contributed by atoms with E-state index in [2.05, 4.69) is 12.2 Å². The maximum absolute atomic E-state index is 12.4. The molecule has 2 aromatic rings. The predicted molar refractivity (Wildman–Crippen MR) is 116 cm³/mol. The van der Waals surface area contributed by atoms with Crippen molar-refractivity contribution in [1.82, 2.24) is 4.31 Å². The number of anilines is 1. The van der Waals surface area contributed by atoms with Gasteiger partial charge in [-0.3, -0.25) is 4.79 Å². The molecule has 0 saturated heterocycles. The van der Waals surface area contributed by atoms with Gasteiger partial charge in [-0.25, -0.2) is 17.5 Å². The number of carbonyl (C=O) groups is 2. The van der Waals surface area contributed by atoms with Crippen molar-refractivity contribution in [3.63, 3.8) is 0 Å². The number of amides is 1. The summed E-state index contributed by atoms with van der Waals surface area (Å²) >= 11 is 1.43. The zero-order valence-corrected chi connectivity index (χ0v) is 19.2. The van der Waals surface area contributed by atoms with E-state index in [0.29, 0.717) is 22.0 Å². The molecule has 162 valence electrons. The molecule has 0 aliphatic heterocycles. The van der Waals surface area contributed by atoms with Crippen LogP contribution in [0.2, 0.25) is 0 Å². The van der Waals surface area contributed by atoms with Crippen LogP contribution in [0.5, 0.6) is 0 Å². The summed E-state index contributed by atoms with van der Waals surface area (Å²) in [5.74, 6) is -0.435. The van der Waals surface area contributed by atoms with Crippen molar-refractivity contribution in [3.05, 3.63) is 45.1 Å². The first-order valence-corrected chi connectivity index (χ1v) is 12.0. The number of hydrogen-bond donors (Lipinski definition) is 1. The second kappa shape index (κ2) is 8.87. The minimum Gasteiger partial charge on any atom is -0.451 e. The normalized spacial score (nSPS) is 16.2. The van der Waals surface area contributed by atoms with Crippen molar-refractivity contribution >= 4 is 38.9 Å². The first kappa shape index (κ1) is 22.5. The van der Waals surface area contributed by atoms with Crippen LogP contribution in [0.15, 0.2) is 29.2 Å². The van der Waals surface area contributed by atoms with E-state index in [-0.39, 0.29) is 4.90 Å². The maximum Gasteiger partial charge on any atom is 0.348 e. The number of fused-ring (bicyclic) bond motifs is 1. The summed E-state index contributed by atoms with van der Waals surface area (Å²) < 4.78 is 30.9. The molecule has 7 nitrogen and oxygen atoms in total. The summed E-state index contributed by atoms with van der Waals surface area (Å²) in [6, 6.07) is 6.38. The number of nitrogens with one attached hydrogen (secondary N) is 1. The number of aryl methyl sites for hydroxylation is 2. The van der Waals surface area contributed by atoms with Gasteiger partial charge in [0.2, 0.25) is 10.0 Å². The molecule has 1 heterocycles. The molecule has 1 atom stereocenters. The lowest BCUT2D eigenvalue weighted by atomic mass is 9.90. The van der Waals surface area contributed by atoms with Crippen LogP contribution in [-0.4, -0.2) is 45.3 Å². The summed E-state index contributed by atoms with van der Waals surface area (Å²) in [4.78, 5) is 26.4. The smallest absolute Gasteiger partial charge is 0.348 e. The highest BCUT2D eigenvalue weighted by Crippen LogP contribution is 2.32. The Bertz CT molecular complexity index is 1070. The summed E-state index contributed by atoms with van der Waals surface area (Å²) in [5.41, 5.74) is 2.26. The van der Waals surface area contributed by atoms with E-state index in [0.717, 1.165) is 23.6 Å². The van der Waals surface area contributed by atoms with E-state index in [1.54, 1.807) is 13.0 Å². The Morgan fingerprint density at radius 2 is 2.00 bits per heavy atom. The van der Waals surface area contributed by atoms with Gasteiger partial charge in [0.05, 0.1) is 4.90 Å². The Balaban J connectivity index is 1.63. The van der Waals surface area contributed by atoms with Crippen LogP contribution in [-0.2, 0) is 32.4 Å². The Labute approximate surface area is 181 Å². The number of ether oxygens (including phenoxy) is 1. The fourth-order valence-electron chi connectivity index (χ4n) is 3.30. The molecule has 0 spiro atoms. The first-order valence-electron chi connectivity index (χ1n) is 9.69. The van der Waals surface area contributed by atoms with E-state index >= 15 is 0 Å². The number of benzene rings is 1. The molecule has 1 N–H and O–H groups in total. The standard InChI is InChI=1S/C21H26N2O5S2/c1-13-5-8-18-15(9-13)10-19(29-18)21(25)28-12-20(24)22-17-11-16(7-6-14(17)2)30(26,27)23(3)4/h6-7,10-11,13H,5,8-9,12H2,1-4H3,(H,22,24). The summed E-state index contributed by atoms with van der Waals surface area (Å²) in [6.07, 6.45) is 3.05. The SMILES string of the molecule is Cc1ccc(S(=O)(=O)N(C)C)cc1NC(=O)COC(=O)c1cc2c(s1)CCC(C)C2. The number of rotatable bonds is 6. The highest BCUT2D eigenvalue weighted by molar-refractivity contribution is 7.89. The van der Waals surface area contributed by atoms with E-state index < -0.39 is 28.5 Å². The van der Waals surface area contributed by atoms with Gasteiger partial charge in [0.25, 0.3) is 5.91 Å². The van der Waals surface area contributed by atoms with Crippen LogP contribution >= 0.6 is 11.3 Å². The molecule has 0 radical (unpaired) electrons. The van der Waals surface area contributed by atoms with Gasteiger partial charge >= 0.3 is 5.97 Å². The monoisotopic (exact) mass is 450 g/mol. The molecule has 0 saturated carbocycles. The van der Waals surface area contributed by atoms with Gasteiger partial charge in [-0.2, -0.15) is 0 Å². The van der Waals surface area contributed by atoms with Crippen molar-refractivity contribution in [2.75, 3.05) is 26.0 Å². The molecule has 9 heteroatoms. The molecule has 0 bridgehead atoms. The Morgan fingerprint density at radius 1 is 1.27 bits per heavy atom. The third kappa shape index (κ3) is 4.91. The summed E-state index contributed by atoms with van der Waals surface area (Å²) in [7, 11) is -0.741. The molecule has 1 aliphatic carbocycles. The van der Waals surface area contributed by atoms with Gasteiger partial charge in [-0.15, -0.1) is 11.3 Å². The van der Waals surface area contributed by atoms with Gasteiger partial charge in [-0.1, -0.05) is 13.0 Å². The van der Waals surface area contributed by atoms with Gasteiger partial charge in [-0.05, 0) is 61.4 Å². The van der Waals surface area contributed by atoms with Crippen molar-refractivity contribution in [2.45, 2.75) is 38.0 Å². The second-order valence-corrected chi connectivity index (χ2v) is 11.1. The summed E-state index contributed by atoms with van der Waals surface area (Å²) in [5, 5.41) is 2.63. The Kier molecular flexibility index (Phi) is 6.64. The van der Waals surface area contributed by atoms with E-state index in [9.17, 15) is 18.0 Å². The molecule has 0 fully saturated rings. The zero-order chi connectivity index (χ0) is 22.1. The second-order valence-electron chi connectivity index (χ2n) is 7.80. The zero-order valence-electron chi connectivity index (χ0n) is 17.5.